The number of aromatic nitrogens is 1. The first kappa shape index (κ1) is 20.4. The van der Waals surface area contributed by atoms with E-state index in [2.05, 4.69) is 30.2 Å². The summed E-state index contributed by atoms with van der Waals surface area (Å²) in [5.74, 6) is -0.0185. The van der Waals surface area contributed by atoms with Gasteiger partial charge in [0.25, 0.3) is 0 Å². The monoisotopic (exact) mass is 391 g/mol. The van der Waals surface area contributed by atoms with Crippen molar-refractivity contribution in [3.8, 4) is 0 Å². The Bertz CT molecular complexity index is 249. The molecule has 5 heteroatoms. The predicted molar refractivity (Wildman–Crippen MR) is 58.6 cm³/mol. The van der Waals surface area contributed by atoms with Gasteiger partial charge in [0.1, 0.15) is 0 Å². The van der Waals surface area contributed by atoms with Crippen LogP contribution >= 0.6 is 0 Å². The molecule has 0 saturated heterocycles. The smallest absolute Gasteiger partial charge is 0.189 e. The van der Waals surface area contributed by atoms with E-state index in [1.54, 1.807) is 13.2 Å². The largest absolute Gasteiger partial charge is 0.545 e. The van der Waals surface area contributed by atoms with Crippen LogP contribution in [-0.2, 0) is 30.7 Å². The Morgan fingerprint density at radius 1 is 1.62 bits per heavy atom. The number of amides is 1. The maximum Gasteiger partial charge on any atom is 0.189 e. The molecular formula is C11H15N2O2W-3. The van der Waals surface area contributed by atoms with Crippen LogP contribution < -0.4 is 5.32 Å². The van der Waals surface area contributed by atoms with Gasteiger partial charge in [0.2, 0.25) is 0 Å². The topological polar surface area (TPSA) is 59.1 Å². The fraction of sp³-hybridized carbons (Fsp3) is 0.273. The second kappa shape index (κ2) is 16.4. The molecule has 0 fully saturated rings. The number of aryl methyl sites for hydroxylation is 1. The van der Waals surface area contributed by atoms with E-state index >= 15 is 0 Å². The average molecular weight is 391 g/mol. The molecule has 1 heterocycles. The van der Waals surface area contributed by atoms with Gasteiger partial charge in [-0.05, 0) is 0 Å². The fourth-order valence-electron chi connectivity index (χ4n) is 0.510. The number of pyridine rings is 1. The van der Waals surface area contributed by atoms with Crippen molar-refractivity contribution in [2.75, 3.05) is 7.05 Å². The molecule has 16 heavy (non-hydrogen) atoms. The Kier molecular flexibility index (Phi) is 20.9. The van der Waals surface area contributed by atoms with Gasteiger partial charge in [0.15, 0.2) is 5.91 Å². The van der Waals surface area contributed by atoms with Crippen molar-refractivity contribution in [2.45, 2.75) is 13.3 Å². The second-order valence-electron chi connectivity index (χ2n) is 2.39. The van der Waals surface area contributed by atoms with Crippen LogP contribution in [0.1, 0.15) is 12.0 Å². The van der Waals surface area contributed by atoms with Gasteiger partial charge < -0.3 is 22.0 Å². The standard InChI is InChI=1S/C6H6N.C4H8NO.CHO.W/c1-6-2-4-7-5-3-6;1-3-4(6)5-2;1-2;/h2-4H,1H3;1,3H2,2H3,(H,5,6);1H;/q3*-1;. The third kappa shape index (κ3) is 15.5. The first-order valence-electron chi connectivity index (χ1n) is 4.22. The van der Waals surface area contributed by atoms with Crippen LogP contribution in [0.5, 0.6) is 0 Å². The minimum absolute atomic E-state index is 0. The summed E-state index contributed by atoms with van der Waals surface area (Å²) in [6, 6.07) is 3.79. The number of nitrogens with zero attached hydrogens (tertiary/aromatic N) is 1. The Hall–Kier alpha value is -1.02. The Morgan fingerprint density at radius 2 is 2.19 bits per heavy atom. The van der Waals surface area contributed by atoms with Gasteiger partial charge >= 0.3 is 0 Å². The average Bonchev–Trinajstić information content (AvgIpc) is 2.32. The Morgan fingerprint density at radius 3 is 2.31 bits per heavy atom. The third-order valence-electron chi connectivity index (χ3n) is 1.28. The van der Waals surface area contributed by atoms with Gasteiger partial charge in [-0.3, -0.25) is 11.6 Å². The molecule has 0 bridgehead atoms. The minimum Gasteiger partial charge on any atom is -0.545 e. The fourth-order valence-corrected chi connectivity index (χ4v) is 0.510. The van der Waals surface area contributed by atoms with Crippen LogP contribution in [-0.4, -0.2) is 24.7 Å². The molecule has 1 N–H and O–H groups in total. The van der Waals surface area contributed by atoms with Crippen molar-refractivity contribution in [1.82, 2.24) is 10.3 Å². The molecule has 0 radical (unpaired) electrons. The maximum absolute atomic E-state index is 10.0. The first-order chi connectivity index (χ1) is 7.20. The van der Waals surface area contributed by atoms with E-state index in [0.29, 0.717) is 6.42 Å². The van der Waals surface area contributed by atoms with Crippen molar-refractivity contribution in [3.63, 3.8) is 0 Å². The summed E-state index contributed by atoms with van der Waals surface area (Å²) in [5.41, 5.74) is 1.20. The molecule has 0 unspecified atom stereocenters. The van der Waals surface area contributed by atoms with Crippen molar-refractivity contribution in [2.24, 2.45) is 0 Å². The van der Waals surface area contributed by atoms with E-state index in [9.17, 15) is 4.79 Å². The van der Waals surface area contributed by atoms with Crippen LogP contribution in [0, 0.1) is 20.0 Å². The quantitative estimate of drug-likeness (QED) is 0.571. The number of carbonyl (C=O) groups is 1. The Balaban J connectivity index is -0.000000175. The van der Waals surface area contributed by atoms with Gasteiger partial charge in [-0.25, -0.2) is 0 Å². The van der Waals surface area contributed by atoms with Gasteiger partial charge in [-0.1, -0.05) is 19.3 Å². The van der Waals surface area contributed by atoms with Gasteiger partial charge in [-0.2, -0.15) is 17.7 Å². The van der Waals surface area contributed by atoms with Crippen LogP contribution in [0.2, 0.25) is 0 Å². The molecule has 4 nitrogen and oxygen atoms in total. The Labute approximate surface area is 111 Å². The molecule has 0 aliphatic rings. The SMILES string of the molecule is Cc1c[c-]ncc1.[CH-]=O.[CH2-]CC(=O)NC.[W]. The van der Waals surface area contributed by atoms with E-state index < -0.39 is 0 Å². The summed E-state index contributed by atoms with van der Waals surface area (Å²) in [7, 11) is 1.59. The molecule has 1 amide bonds. The van der Waals surface area contributed by atoms with Gasteiger partial charge in [-0.15, -0.1) is 6.42 Å². The zero-order valence-electron chi connectivity index (χ0n) is 9.40. The molecule has 90 valence electrons. The van der Waals surface area contributed by atoms with E-state index in [0.717, 1.165) is 0 Å². The second-order valence-corrected chi connectivity index (χ2v) is 2.39. The van der Waals surface area contributed by atoms with Gasteiger partial charge in [0.05, 0.1) is 0 Å². The number of rotatable bonds is 1. The van der Waals surface area contributed by atoms with Crippen LogP contribution in [0.3, 0.4) is 0 Å². The first-order valence-corrected chi connectivity index (χ1v) is 4.22. The summed E-state index contributed by atoms with van der Waals surface area (Å²) in [4.78, 5) is 21.5. The summed E-state index contributed by atoms with van der Waals surface area (Å²) in [6.07, 6.45) is 4.77. The van der Waals surface area contributed by atoms with E-state index in [1.807, 2.05) is 19.1 Å². The predicted octanol–water partition coefficient (Wildman–Crippen LogP) is 0.870. The van der Waals surface area contributed by atoms with Gasteiger partial charge in [0, 0.05) is 28.1 Å². The van der Waals surface area contributed by atoms with Crippen molar-refractivity contribution in [3.05, 3.63) is 37.0 Å². The van der Waals surface area contributed by atoms with Crippen LogP contribution in [0.4, 0.5) is 0 Å². The summed E-state index contributed by atoms with van der Waals surface area (Å²) in [6.45, 7) is 8.61. The summed E-state index contributed by atoms with van der Waals surface area (Å²) < 4.78 is 0. The maximum atomic E-state index is 10.0. The normalized spacial score (nSPS) is 6.94. The van der Waals surface area contributed by atoms with Crippen LogP contribution in [0.15, 0.2) is 18.3 Å². The minimum atomic E-state index is -0.0185. The number of carbonyl (C=O) groups excluding carboxylic acids is 2. The molecule has 0 aliphatic carbocycles. The number of nitrogens with one attached hydrogen (secondary N) is 1. The van der Waals surface area contributed by atoms with Crippen LogP contribution in [0.25, 0.3) is 0 Å². The molecule has 1 aromatic rings. The molecule has 0 aromatic carbocycles. The summed E-state index contributed by atoms with van der Waals surface area (Å²) in [5, 5.41) is 2.41. The molecule has 0 aliphatic heterocycles. The molecule has 0 atom stereocenters. The molecule has 0 spiro atoms. The van der Waals surface area contributed by atoms with E-state index in [4.69, 9.17) is 4.79 Å². The van der Waals surface area contributed by atoms with E-state index in [-0.39, 0.29) is 27.0 Å². The molecular weight excluding hydrogens is 376 g/mol. The third-order valence-corrected chi connectivity index (χ3v) is 1.28. The van der Waals surface area contributed by atoms with Crippen molar-refractivity contribution >= 4 is 12.7 Å². The summed E-state index contributed by atoms with van der Waals surface area (Å²) >= 11 is 0. The van der Waals surface area contributed by atoms with Crippen molar-refractivity contribution in [1.29, 1.82) is 0 Å². The molecule has 1 rings (SSSR count). The molecule has 0 saturated carbocycles. The zero-order valence-corrected chi connectivity index (χ0v) is 12.3. The molecule has 1 aromatic heterocycles. The number of hydrogen-bond acceptors (Lipinski definition) is 3. The number of hydrogen-bond donors (Lipinski definition) is 1. The zero-order chi connectivity index (χ0) is 12.1. The van der Waals surface area contributed by atoms with E-state index in [1.165, 1.54) is 5.56 Å². The van der Waals surface area contributed by atoms with Crippen molar-refractivity contribution < 1.29 is 30.7 Å².